The Morgan fingerprint density at radius 3 is 2.68 bits per heavy atom. The summed E-state index contributed by atoms with van der Waals surface area (Å²) in [7, 11) is 1.64. The molecule has 116 valence electrons. The molecule has 0 unspecified atom stereocenters. The standard InChI is InChI=1S/C17H21N3O2/c1-12(2)19-15(21)11-20(3)16(22)10-14-7-4-6-13-8-5-9-18-17(13)14/h4-9,12H,10-11H2,1-3H3,(H,19,21). The van der Waals surface area contributed by atoms with E-state index in [1.165, 1.54) is 4.90 Å². The third kappa shape index (κ3) is 4.04. The Labute approximate surface area is 130 Å². The highest BCUT2D eigenvalue weighted by atomic mass is 16.2. The van der Waals surface area contributed by atoms with Crippen molar-refractivity contribution in [3.63, 3.8) is 0 Å². The first-order valence-corrected chi connectivity index (χ1v) is 7.33. The molecule has 1 aromatic carbocycles. The van der Waals surface area contributed by atoms with Crippen molar-refractivity contribution in [2.45, 2.75) is 26.3 Å². The van der Waals surface area contributed by atoms with Crippen molar-refractivity contribution in [1.29, 1.82) is 0 Å². The molecule has 0 saturated carbocycles. The number of pyridine rings is 1. The number of nitrogens with zero attached hydrogens (tertiary/aromatic N) is 2. The third-order valence-corrected chi connectivity index (χ3v) is 3.31. The summed E-state index contributed by atoms with van der Waals surface area (Å²) in [6.45, 7) is 3.85. The van der Waals surface area contributed by atoms with Crippen LogP contribution >= 0.6 is 0 Å². The zero-order chi connectivity index (χ0) is 16.1. The SMILES string of the molecule is CC(C)NC(=O)CN(C)C(=O)Cc1cccc2cccnc12. The third-order valence-electron chi connectivity index (χ3n) is 3.31. The number of benzene rings is 1. The Balaban J connectivity index is 2.06. The molecule has 22 heavy (non-hydrogen) atoms. The lowest BCUT2D eigenvalue weighted by molar-refractivity contribution is -0.134. The Kier molecular flexibility index (Phi) is 5.09. The highest BCUT2D eigenvalue weighted by Crippen LogP contribution is 2.16. The Morgan fingerprint density at radius 1 is 1.23 bits per heavy atom. The molecule has 2 amide bonds. The first-order valence-electron chi connectivity index (χ1n) is 7.33. The van der Waals surface area contributed by atoms with Gasteiger partial charge in [-0.1, -0.05) is 24.3 Å². The molecule has 5 nitrogen and oxygen atoms in total. The van der Waals surface area contributed by atoms with Crippen LogP contribution in [0.3, 0.4) is 0 Å². The van der Waals surface area contributed by atoms with E-state index in [4.69, 9.17) is 0 Å². The van der Waals surface area contributed by atoms with Crippen molar-refractivity contribution in [2.75, 3.05) is 13.6 Å². The summed E-state index contributed by atoms with van der Waals surface area (Å²) in [4.78, 5) is 29.8. The second-order valence-corrected chi connectivity index (χ2v) is 5.64. The quantitative estimate of drug-likeness (QED) is 0.915. The van der Waals surface area contributed by atoms with Gasteiger partial charge >= 0.3 is 0 Å². The van der Waals surface area contributed by atoms with Gasteiger partial charge in [-0.25, -0.2) is 0 Å². The molecule has 0 atom stereocenters. The number of fused-ring (bicyclic) bond motifs is 1. The fraction of sp³-hybridized carbons (Fsp3) is 0.353. The molecule has 0 aliphatic rings. The van der Waals surface area contributed by atoms with E-state index in [-0.39, 0.29) is 30.8 Å². The zero-order valence-electron chi connectivity index (χ0n) is 13.2. The number of aromatic nitrogens is 1. The minimum atomic E-state index is -0.151. The highest BCUT2D eigenvalue weighted by Gasteiger charge is 2.15. The average Bonchev–Trinajstić information content (AvgIpc) is 2.46. The predicted molar refractivity (Wildman–Crippen MR) is 86.4 cm³/mol. The largest absolute Gasteiger partial charge is 0.352 e. The lowest BCUT2D eigenvalue weighted by atomic mass is 10.1. The number of carbonyl (C=O) groups is 2. The van der Waals surface area contributed by atoms with Gasteiger partial charge < -0.3 is 10.2 Å². The molecule has 1 heterocycles. The predicted octanol–water partition coefficient (Wildman–Crippen LogP) is 1.76. The van der Waals surface area contributed by atoms with E-state index in [0.717, 1.165) is 16.5 Å². The molecular weight excluding hydrogens is 278 g/mol. The summed E-state index contributed by atoms with van der Waals surface area (Å²) in [5, 5.41) is 3.78. The van der Waals surface area contributed by atoms with Gasteiger partial charge in [0.15, 0.2) is 0 Å². The van der Waals surface area contributed by atoms with Crippen LogP contribution in [-0.4, -0.2) is 41.3 Å². The van der Waals surface area contributed by atoms with Crippen molar-refractivity contribution in [3.8, 4) is 0 Å². The zero-order valence-corrected chi connectivity index (χ0v) is 13.2. The molecule has 0 spiro atoms. The summed E-state index contributed by atoms with van der Waals surface area (Å²) >= 11 is 0. The van der Waals surface area contributed by atoms with Crippen LogP contribution in [0.1, 0.15) is 19.4 Å². The van der Waals surface area contributed by atoms with Crippen molar-refractivity contribution < 1.29 is 9.59 Å². The number of likely N-dealkylation sites (N-methyl/N-ethyl adjacent to an activating group) is 1. The first kappa shape index (κ1) is 15.9. The number of amides is 2. The molecule has 0 bridgehead atoms. The molecule has 0 fully saturated rings. The second-order valence-electron chi connectivity index (χ2n) is 5.64. The maximum atomic E-state index is 12.3. The molecular formula is C17H21N3O2. The van der Waals surface area contributed by atoms with Gasteiger partial charge in [-0.2, -0.15) is 0 Å². The summed E-state index contributed by atoms with van der Waals surface area (Å²) in [6.07, 6.45) is 1.95. The fourth-order valence-electron chi connectivity index (χ4n) is 2.28. The van der Waals surface area contributed by atoms with Gasteiger partial charge in [-0.15, -0.1) is 0 Å². The molecule has 0 radical (unpaired) electrons. The van der Waals surface area contributed by atoms with Crippen molar-refractivity contribution >= 4 is 22.7 Å². The van der Waals surface area contributed by atoms with E-state index >= 15 is 0 Å². The molecule has 1 N–H and O–H groups in total. The summed E-state index contributed by atoms with van der Waals surface area (Å²) < 4.78 is 0. The summed E-state index contributed by atoms with van der Waals surface area (Å²) in [6, 6.07) is 9.69. The maximum Gasteiger partial charge on any atom is 0.239 e. The van der Waals surface area contributed by atoms with E-state index < -0.39 is 0 Å². The van der Waals surface area contributed by atoms with Crippen LogP contribution in [-0.2, 0) is 16.0 Å². The van der Waals surface area contributed by atoms with Crippen LogP contribution < -0.4 is 5.32 Å². The van der Waals surface area contributed by atoms with E-state index in [2.05, 4.69) is 10.3 Å². The van der Waals surface area contributed by atoms with E-state index in [1.807, 2.05) is 44.2 Å². The topological polar surface area (TPSA) is 62.3 Å². The monoisotopic (exact) mass is 299 g/mol. The molecule has 0 aliphatic carbocycles. The summed E-state index contributed by atoms with van der Waals surface area (Å²) in [5.41, 5.74) is 1.71. The number of carbonyl (C=O) groups excluding carboxylic acids is 2. The van der Waals surface area contributed by atoms with E-state index in [0.29, 0.717) is 0 Å². The maximum absolute atomic E-state index is 12.3. The molecule has 0 saturated heterocycles. The van der Waals surface area contributed by atoms with Gasteiger partial charge in [-0.05, 0) is 25.5 Å². The molecule has 5 heteroatoms. The number of nitrogens with one attached hydrogen (secondary N) is 1. The van der Waals surface area contributed by atoms with Crippen LogP contribution in [0.2, 0.25) is 0 Å². The van der Waals surface area contributed by atoms with E-state index in [1.54, 1.807) is 13.2 Å². The normalized spacial score (nSPS) is 10.7. The molecule has 1 aromatic heterocycles. The minimum absolute atomic E-state index is 0.0647. The van der Waals surface area contributed by atoms with Crippen molar-refractivity contribution in [1.82, 2.24) is 15.2 Å². The van der Waals surface area contributed by atoms with Crippen LogP contribution in [0.4, 0.5) is 0 Å². The van der Waals surface area contributed by atoms with Crippen LogP contribution in [0.5, 0.6) is 0 Å². The van der Waals surface area contributed by atoms with Crippen molar-refractivity contribution in [2.24, 2.45) is 0 Å². The number of hydrogen-bond acceptors (Lipinski definition) is 3. The first-order chi connectivity index (χ1) is 10.5. The van der Waals surface area contributed by atoms with Crippen molar-refractivity contribution in [3.05, 3.63) is 42.1 Å². The highest BCUT2D eigenvalue weighted by molar-refractivity contribution is 5.89. The van der Waals surface area contributed by atoms with E-state index in [9.17, 15) is 9.59 Å². The van der Waals surface area contributed by atoms with Gasteiger partial charge in [0.25, 0.3) is 0 Å². The fourth-order valence-corrected chi connectivity index (χ4v) is 2.28. The van der Waals surface area contributed by atoms with Crippen LogP contribution in [0.25, 0.3) is 10.9 Å². The Bertz CT molecular complexity index is 677. The number of para-hydroxylation sites is 1. The molecule has 2 rings (SSSR count). The summed E-state index contributed by atoms with van der Waals surface area (Å²) in [5.74, 6) is -0.251. The second kappa shape index (κ2) is 7.02. The number of rotatable bonds is 5. The average molecular weight is 299 g/mol. The number of hydrogen-bond donors (Lipinski definition) is 1. The molecule has 2 aromatic rings. The lowest BCUT2D eigenvalue weighted by Gasteiger charge is -2.18. The Morgan fingerprint density at radius 2 is 1.95 bits per heavy atom. The lowest BCUT2D eigenvalue weighted by Crippen LogP contribution is -2.41. The van der Waals surface area contributed by atoms with Gasteiger partial charge in [0.2, 0.25) is 11.8 Å². The molecule has 0 aliphatic heterocycles. The van der Waals surface area contributed by atoms with Crippen LogP contribution in [0, 0.1) is 0 Å². The van der Waals surface area contributed by atoms with Gasteiger partial charge in [-0.3, -0.25) is 14.6 Å². The minimum Gasteiger partial charge on any atom is -0.352 e. The Hall–Kier alpha value is -2.43. The smallest absolute Gasteiger partial charge is 0.239 e. The van der Waals surface area contributed by atoms with Gasteiger partial charge in [0.1, 0.15) is 0 Å². The van der Waals surface area contributed by atoms with Crippen LogP contribution in [0.15, 0.2) is 36.5 Å². The van der Waals surface area contributed by atoms with Gasteiger partial charge in [0.05, 0.1) is 18.5 Å². The van der Waals surface area contributed by atoms with Gasteiger partial charge in [0, 0.05) is 24.7 Å².